The molecule has 1 N–H and O–H groups in total. The molecule has 0 saturated heterocycles. The predicted octanol–water partition coefficient (Wildman–Crippen LogP) is 5.13. The predicted molar refractivity (Wildman–Crippen MR) is 71.6 cm³/mol. The highest BCUT2D eigenvalue weighted by molar-refractivity contribution is 6.35. The normalized spacial score (nSPS) is 18.1. The van der Waals surface area contributed by atoms with E-state index in [2.05, 4.69) is 5.32 Å². The Kier molecular flexibility index (Phi) is 4.37. The summed E-state index contributed by atoms with van der Waals surface area (Å²) in [5, 5.41) is 5.01. The third-order valence-corrected chi connectivity index (χ3v) is 3.71. The average molecular weight is 258 g/mol. The number of nitrogens with one attached hydrogen (secondary N) is 1. The first-order valence-electron chi connectivity index (χ1n) is 5.97. The molecule has 0 atom stereocenters. The number of anilines is 1. The number of hydrogen-bond acceptors (Lipinski definition) is 1. The van der Waals surface area contributed by atoms with Crippen molar-refractivity contribution in [3.05, 3.63) is 28.2 Å². The van der Waals surface area contributed by atoms with Gasteiger partial charge in [0.2, 0.25) is 0 Å². The van der Waals surface area contributed by atoms with E-state index in [4.69, 9.17) is 23.2 Å². The van der Waals surface area contributed by atoms with E-state index < -0.39 is 0 Å². The van der Waals surface area contributed by atoms with Gasteiger partial charge in [-0.05, 0) is 31.0 Å². The van der Waals surface area contributed by atoms with Crippen molar-refractivity contribution in [1.29, 1.82) is 0 Å². The maximum atomic E-state index is 6.14. The molecule has 16 heavy (non-hydrogen) atoms. The molecular weight excluding hydrogens is 241 g/mol. The summed E-state index contributed by atoms with van der Waals surface area (Å²) in [6.07, 6.45) is 7.83. The minimum absolute atomic E-state index is 0.554. The van der Waals surface area contributed by atoms with Gasteiger partial charge in [0.15, 0.2) is 0 Å². The minimum atomic E-state index is 0.554. The van der Waals surface area contributed by atoms with Gasteiger partial charge in [0.25, 0.3) is 0 Å². The van der Waals surface area contributed by atoms with E-state index >= 15 is 0 Å². The van der Waals surface area contributed by atoms with Gasteiger partial charge in [0.1, 0.15) is 0 Å². The zero-order valence-electron chi connectivity index (χ0n) is 9.31. The third-order valence-electron chi connectivity index (χ3n) is 3.14. The van der Waals surface area contributed by atoms with Crippen molar-refractivity contribution in [2.24, 2.45) is 0 Å². The van der Waals surface area contributed by atoms with Crippen LogP contribution in [-0.4, -0.2) is 6.04 Å². The van der Waals surface area contributed by atoms with Crippen molar-refractivity contribution in [3.63, 3.8) is 0 Å². The Morgan fingerprint density at radius 1 is 1.00 bits per heavy atom. The van der Waals surface area contributed by atoms with E-state index in [9.17, 15) is 0 Å². The summed E-state index contributed by atoms with van der Waals surface area (Å²) >= 11 is 12.1. The van der Waals surface area contributed by atoms with Gasteiger partial charge in [0.05, 0.1) is 10.7 Å². The van der Waals surface area contributed by atoms with Gasteiger partial charge in [-0.2, -0.15) is 0 Å². The van der Waals surface area contributed by atoms with Gasteiger partial charge < -0.3 is 5.32 Å². The van der Waals surface area contributed by atoms with E-state index in [-0.39, 0.29) is 0 Å². The fourth-order valence-electron chi connectivity index (χ4n) is 2.25. The van der Waals surface area contributed by atoms with E-state index in [1.807, 2.05) is 18.2 Å². The van der Waals surface area contributed by atoms with E-state index in [1.54, 1.807) is 0 Å². The molecule has 88 valence electrons. The van der Waals surface area contributed by atoms with Crippen LogP contribution in [0.4, 0.5) is 5.69 Å². The first kappa shape index (κ1) is 12.1. The van der Waals surface area contributed by atoms with Crippen molar-refractivity contribution in [3.8, 4) is 0 Å². The van der Waals surface area contributed by atoms with Crippen LogP contribution < -0.4 is 5.32 Å². The van der Waals surface area contributed by atoms with Crippen molar-refractivity contribution in [2.75, 3.05) is 5.32 Å². The second-order valence-electron chi connectivity index (χ2n) is 4.46. The number of rotatable bonds is 2. The summed E-state index contributed by atoms with van der Waals surface area (Å²) < 4.78 is 0. The first-order chi connectivity index (χ1) is 7.75. The van der Waals surface area contributed by atoms with Crippen LogP contribution in [0.2, 0.25) is 10.0 Å². The summed E-state index contributed by atoms with van der Waals surface area (Å²) in [6, 6.07) is 6.14. The Bertz CT molecular complexity index is 344. The Balaban J connectivity index is 2.04. The van der Waals surface area contributed by atoms with Gasteiger partial charge in [-0.15, -0.1) is 0 Å². The largest absolute Gasteiger partial charge is 0.381 e. The lowest BCUT2D eigenvalue weighted by Gasteiger charge is -2.18. The molecule has 1 aromatic rings. The lowest BCUT2D eigenvalue weighted by atomic mass is 10.1. The Hall–Kier alpha value is -0.400. The number of halogens is 2. The van der Waals surface area contributed by atoms with Crippen molar-refractivity contribution in [2.45, 2.75) is 44.6 Å². The Morgan fingerprint density at radius 3 is 2.38 bits per heavy atom. The Labute approximate surface area is 107 Å². The van der Waals surface area contributed by atoms with E-state index in [1.165, 1.54) is 38.5 Å². The molecule has 0 amide bonds. The van der Waals surface area contributed by atoms with Crippen LogP contribution in [0.1, 0.15) is 38.5 Å². The molecule has 0 radical (unpaired) electrons. The van der Waals surface area contributed by atoms with Crippen LogP contribution in [-0.2, 0) is 0 Å². The maximum Gasteiger partial charge on any atom is 0.0638 e. The molecule has 0 unspecified atom stereocenters. The summed E-state index contributed by atoms with van der Waals surface area (Å²) in [4.78, 5) is 0. The van der Waals surface area contributed by atoms with Crippen LogP contribution >= 0.6 is 23.2 Å². The molecule has 0 bridgehead atoms. The SMILES string of the molecule is Clc1ccc(Cl)c(NC2CCCCCC2)c1. The number of benzene rings is 1. The maximum absolute atomic E-state index is 6.14. The van der Waals surface area contributed by atoms with Crippen LogP contribution in [0.15, 0.2) is 18.2 Å². The second kappa shape index (κ2) is 5.79. The molecule has 0 heterocycles. The second-order valence-corrected chi connectivity index (χ2v) is 5.30. The van der Waals surface area contributed by atoms with Crippen LogP contribution in [0.25, 0.3) is 0 Å². The van der Waals surface area contributed by atoms with Gasteiger partial charge in [-0.1, -0.05) is 48.9 Å². The van der Waals surface area contributed by atoms with E-state index in [0.29, 0.717) is 6.04 Å². The van der Waals surface area contributed by atoms with Crippen LogP contribution in [0, 0.1) is 0 Å². The average Bonchev–Trinajstić information content (AvgIpc) is 2.52. The quantitative estimate of drug-likeness (QED) is 0.725. The van der Waals surface area contributed by atoms with Crippen LogP contribution in [0.5, 0.6) is 0 Å². The van der Waals surface area contributed by atoms with E-state index in [0.717, 1.165) is 15.7 Å². The molecular formula is C13H17Cl2N. The fourth-order valence-corrected chi connectivity index (χ4v) is 2.60. The van der Waals surface area contributed by atoms with Crippen LogP contribution in [0.3, 0.4) is 0 Å². The van der Waals surface area contributed by atoms with Crippen molar-refractivity contribution < 1.29 is 0 Å². The van der Waals surface area contributed by atoms with Crippen molar-refractivity contribution in [1.82, 2.24) is 0 Å². The summed E-state index contributed by atoms with van der Waals surface area (Å²) in [6.45, 7) is 0. The molecule has 0 aromatic heterocycles. The molecule has 3 heteroatoms. The highest BCUT2D eigenvalue weighted by Gasteiger charge is 2.13. The van der Waals surface area contributed by atoms with Gasteiger partial charge in [-0.25, -0.2) is 0 Å². The Morgan fingerprint density at radius 2 is 1.69 bits per heavy atom. The first-order valence-corrected chi connectivity index (χ1v) is 6.73. The van der Waals surface area contributed by atoms with Gasteiger partial charge in [0, 0.05) is 11.1 Å². The standard InChI is InChI=1S/C13H17Cl2N/c14-10-7-8-12(15)13(9-10)16-11-5-3-1-2-4-6-11/h7-9,11,16H,1-6H2. The van der Waals surface area contributed by atoms with Gasteiger partial charge in [-0.3, -0.25) is 0 Å². The molecule has 1 nitrogen and oxygen atoms in total. The molecule has 0 spiro atoms. The molecule has 1 fully saturated rings. The zero-order chi connectivity index (χ0) is 11.4. The summed E-state index contributed by atoms with van der Waals surface area (Å²) in [5.74, 6) is 0. The van der Waals surface area contributed by atoms with Gasteiger partial charge >= 0.3 is 0 Å². The monoisotopic (exact) mass is 257 g/mol. The fraction of sp³-hybridized carbons (Fsp3) is 0.538. The highest BCUT2D eigenvalue weighted by Crippen LogP contribution is 2.28. The molecule has 2 rings (SSSR count). The molecule has 1 aliphatic rings. The number of hydrogen-bond donors (Lipinski definition) is 1. The zero-order valence-corrected chi connectivity index (χ0v) is 10.8. The summed E-state index contributed by atoms with van der Waals surface area (Å²) in [5.41, 5.74) is 0.973. The smallest absolute Gasteiger partial charge is 0.0638 e. The lowest BCUT2D eigenvalue weighted by molar-refractivity contribution is 0.620. The minimum Gasteiger partial charge on any atom is -0.381 e. The topological polar surface area (TPSA) is 12.0 Å². The molecule has 0 aliphatic heterocycles. The van der Waals surface area contributed by atoms with Crippen molar-refractivity contribution >= 4 is 28.9 Å². The highest BCUT2D eigenvalue weighted by atomic mass is 35.5. The lowest BCUT2D eigenvalue weighted by Crippen LogP contribution is -2.18. The molecule has 1 saturated carbocycles. The molecule has 1 aliphatic carbocycles. The summed E-state index contributed by atoms with van der Waals surface area (Å²) in [7, 11) is 0. The molecule has 1 aromatic carbocycles. The third kappa shape index (κ3) is 3.29.